The summed E-state index contributed by atoms with van der Waals surface area (Å²) >= 11 is 0. The van der Waals surface area contributed by atoms with Crippen molar-refractivity contribution < 1.29 is 8.42 Å². The minimum atomic E-state index is -3.20. The van der Waals surface area contributed by atoms with E-state index in [0.29, 0.717) is 19.6 Å². The van der Waals surface area contributed by atoms with Crippen LogP contribution in [0.4, 0.5) is 0 Å². The van der Waals surface area contributed by atoms with E-state index in [1.807, 2.05) is 13.8 Å². The van der Waals surface area contributed by atoms with Crippen molar-refractivity contribution in [3.8, 4) is 0 Å². The molecule has 1 aliphatic rings. The van der Waals surface area contributed by atoms with Gasteiger partial charge in [-0.15, -0.1) is 24.0 Å². The lowest BCUT2D eigenvalue weighted by atomic mass is 9.65. The Morgan fingerprint density at radius 1 is 1.22 bits per heavy atom. The Morgan fingerprint density at radius 2 is 1.74 bits per heavy atom. The lowest BCUT2D eigenvalue weighted by molar-refractivity contribution is -0.0666. The van der Waals surface area contributed by atoms with Crippen LogP contribution in [0.5, 0.6) is 0 Å². The highest BCUT2D eigenvalue weighted by Gasteiger charge is 2.53. The van der Waals surface area contributed by atoms with Gasteiger partial charge in [0, 0.05) is 44.2 Å². The van der Waals surface area contributed by atoms with Crippen molar-refractivity contribution in [3.05, 3.63) is 0 Å². The average Bonchev–Trinajstić information content (AvgIpc) is 2.42. The first-order valence-electron chi connectivity index (χ1n) is 7.99. The highest BCUT2D eigenvalue weighted by atomic mass is 127. The number of likely N-dealkylation sites (tertiary alicyclic amines) is 1. The summed E-state index contributed by atoms with van der Waals surface area (Å²) < 4.78 is 25.9. The fraction of sp³-hybridized carbons (Fsp3) is 0.933. The second-order valence-corrected chi connectivity index (χ2v) is 8.99. The molecule has 0 aromatic heterocycles. The van der Waals surface area contributed by atoms with Crippen LogP contribution >= 0.6 is 24.0 Å². The second kappa shape index (κ2) is 8.33. The maximum atomic E-state index is 12.2. The van der Waals surface area contributed by atoms with Crippen LogP contribution in [0.15, 0.2) is 4.99 Å². The molecule has 0 amide bonds. The van der Waals surface area contributed by atoms with Crippen LogP contribution in [0.3, 0.4) is 0 Å². The predicted octanol–water partition coefficient (Wildman–Crippen LogP) is 1.97. The van der Waals surface area contributed by atoms with Crippen molar-refractivity contribution in [1.29, 1.82) is 0 Å². The van der Waals surface area contributed by atoms with Crippen molar-refractivity contribution in [1.82, 2.24) is 14.5 Å². The molecule has 1 saturated heterocycles. The maximum absolute atomic E-state index is 12.2. The van der Waals surface area contributed by atoms with Crippen LogP contribution < -0.4 is 5.32 Å². The Balaban J connectivity index is 0.00000484. The number of rotatable bonds is 6. The third kappa shape index (κ3) is 4.72. The Labute approximate surface area is 159 Å². The molecule has 0 aromatic rings. The van der Waals surface area contributed by atoms with Crippen molar-refractivity contribution in [2.75, 3.05) is 39.0 Å². The number of hydrogen-bond acceptors (Lipinski definition) is 3. The van der Waals surface area contributed by atoms with Gasteiger partial charge in [-0.3, -0.25) is 4.99 Å². The molecule has 1 fully saturated rings. The van der Waals surface area contributed by atoms with Gasteiger partial charge in [0.25, 0.3) is 0 Å². The minimum absolute atomic E-state index is 0. The zero-order valence-electron chi connectivity index (χ0n) is 15.5. The van der Waals surface area contributed by atoms with E-state index in [4.69, 9.17) is 0 Å². The van der Waals surface area contributed by atoms with Gasteiger partial charge in [-0.05, 0) is 13.8 Å². The second-order valence-electron chi connectivity index (χ2n) is 6.90. The van der Waals surface area contributed by atoms with Crippen LogP contribution in [0, 0.1) is 5.41 Å². The molecular weight excluding hydrogens is 427 g/mol. The van der Waals surface area contributed by atoms with Crippen LogP contribution in [0.2, 0.25) is 0 Å². The molecule has 0 atom stereocenters. The predicted molar refractivity (Wildman–Crippen MR) is 108 cm³/mol. The number of aliphatic imine (C=N–C) groups is 1. The van der Waals surface area contributed by atoms with Gasteiger partial charge in [-0.1, -0.05) is 27.7 Å². The summed E-state index contributed by atoms with van der Waals surface area (Å²) in [4.78, 5) is 6.50. The molecule has 1 heterocycles. The maximum Gasteiger partial charge on any atom is 0.215 e. The van der Waals surface area contributed by atoms with Crippen molar-refractivity contribution in [2.45, 2.75) is 47.1 Å². The van der Waals surface area contributed by atoms with Gasteiger partial charge in [-0.25, -0.2) is 12.7 Å². The lowest BCUT2D eigenvalue weighted by Gasteiger charge is -2.62. The number of nitrogens with zero attached hydrogens (tertiary/aromatic N) is 3. The summed E-state index contributed by atoms with van der Waals surface area (Å²) in [6.07, 6.45) is 0. The molecule has 0 unspecified atom stereocenters. The standard InChI is InChI=1S/C15H32N4O2S.HI/c1-8-18(9-2)22(20,21)11-10-17-13(16-7)19-12-14(3,4)15(19,5)6;/h8-12H2,1-7H3,(H,16,17);1H. The Hall–Kier alpha value is -0.0900. The van der Waals surface area contributed by atoms with E-state index in [1.54, 1.807) is 7.05 Å². The van der Waals surface area contributed by atoms with Crippen LogP contribution in [-0.2, 0) is 10.0 Å². The number of nitrogens with one attached hydrogen (secondary N) is 1. The summed E-state index contributed by atoms with van der Waals surface area (Å²) in [5.74, 6) is 0.866. The number of hydrogen-bond donors (Lipinski definition) is 1. The van der Waals surface area contributed by atoms with Gasteiger partial charge in [0.1, 0.15) is 0 Å². The minimum Gasteiger partial charge on any atom is -0.355 e. The first-order chi connectivity index (χ1) is 10.0. The quantitative estimate of drug-likeness (QED) is 0.374. The van der Waals surface area contributed by atoms with Gasteiger partial charge in [-0.2, -0.15) is 0 Å². The smallest absolute Gasteiger partial charge is 0.215 e. The Morgan fingerprint density at radius 3 is 2.09 bits per heavy atom. The molecule has 0 bridgehead atoms. The molecule has 0 saturated carbocycles. The van der Waals surface area contributed by atoms with Gasteiger partial charge < -0.3 is 10.2 Å². The number of sulfonamides is 1. The van der Waals surface area contributed by atoms with Crippen LogP contribution in [0.1, 0.15) is 41.5 Å². The topological polar surface area (TPSA) is 65.0 Å². The largest absolute Gasteiger partial charge is 0.355 e. The summed E-state index contributed by atoms with van der Waals surface area (Å²) in [5, 5.41) is 3.19. The Kier molecular flexibility index (Phi) is 8.30. The molecule has 0 spiro atoms. The van der Waals surface area contributed by atoms with Crippen molar-refractivity contribution in [2.24, 2.45) is 10.4 Å². The first kappa shape index (κ1) is 22.9. The molecule has 0 aliphatic carbocycles. The zero-order chi connectivity index (χ0) is 17.2. The van der Waals surface area contributed by atoms with Gasteiger partial charge in [0.15, 0.2) is 5.96 Å². The third-order valence-electron chi connectivity index (χ3n) is 5.09. The summed E-state index contributed by atoms with van der Waals surface area (Å²) in [7, 11) is -1.46. The van der Waals surface area contributed by atoms with Crippen LogP contribution in [0.25, 0.3) is 0 Å². The zero-order valence-corrected chi connectivity index (χ0v) is 18.7. The van der Waals surface area contributed by atoms with E-state index in [1.165, 1.54) is 4.31 Å². The molecule has 0 radical (unpaired) electrons. The highest BCUT2D eigenvalue weighted by molar-refractivity contribution is 14.0. The van der Waals surface area contributed by atoms with E-state index in [-0.39, 0.29) is 40.7 Å². The Bertz CT molecular complexity index is 514. The van der Waals surface area contributed by atoms with Crippen LogP contribution in [-0.4, -0.2) is 68.1 Å². The average molecular weight is 460 g/mol. The third-order valence-corrected chi connectivity index (χ3v) is 7.12. The molecule has 0 aromatic carbocycles. The number of guanidine groups is 1. The van der Waals surface area contributed by atoms with E-state index < -0.39 is 10.0 Å². The molecule has 8 heteroatoms. The van der Waals surface area contributed by atoms with E-state index in [9.17, 15) is 8.42 Å². The summed E-state index contributed by atoms with van der Waals surface area (Å²) in [5.41, 5.74) is 0.227. The van der Waals surface area contributed by atoms with E-state index in [2.05, 4.69) is 42.9 Å². The SMILES string of the molecule is CCN(CC)S(=O)(=O)CCNC(=NC)N1CC(C)(C)C1(C)C.I. The summed E-state index contributed by atoms with van der Waals surface area (Å²) in [6.45, 7) is 14.9. The monoisotopic (exact) mass is 460 g/mol. The number of halogens is 1. The van der Waals surface area contributed by atoms with Gasteiger partial charge in [0.05, 0.1) is 5.75 Å². The lowest BCUT2D eigenvalue weighted by Crippen LogP contribution is -2.72. The van der Waals surface area contributed by atoms with Crippen molar-refractivity contribution in [3.63, 3.8) is 0 Å². The molecule has 23 heavy (non-hydrogen) atoms. The van der Waals surface area contributed by atoms with Gasteiger partial charge in [0.2, 0.25) is 10.0 Å². The van der Waals surface area contributed by atoms with Gasteiger partial charge >= 0.3 is 0 Å². The first-order valence-corrected chi connectivity index (χ1v) is 9.60. The van der Waals surface area contributed by atoms with E-state index in [0.717, 1.165) is 12.5 Å². The molecular formula is C15H33IN4O2S. The molecule has 6 nitrogen and oxygen atoms in total. The normalized spacial score (nSPS) is 20.0. The molecule has 1 aliphatic heterocycles. The van der Waals surface area contributed by atoms with Crippen molar-refractivity contribution >= 4 is 40.0 Å². The van der Waals surface area contributed by atoms with E-state index >= 15 is 0 Å². The summed E-state index contributed by atoms with van der Waals surface area (Å²) in [6, 6.07) is 0. The highest BCUT2D eigenvalue weighted by Crippen LogP contribution is 2.46. The molecule has 138 valence electrons. The fourth-order valence-corrected chi connectivity index (χ4v) is 4.14. The molecule has 1 rings (SSSR count). The molecule has 1 N–H and O–H groups in total. The fourth-order valence-electron chi connectivity index (χ4n) is 2.73.